The number of benzene rings is 1. The maximum atomic E-state index is 12.4. The van der Waals surface area contributed by atoms with Crippen molar-refractivity contribution in [2.75, 3.05) is 5.75 Å². The molecule has 2 rings (SSSR count). The molecule has 0 amide bonds. The molecule has 0 spiro atoms. The normalized spacial score (nSPS) is 12.9. The van der Waals surface area contributed by atoms with Gasteiger partial charge in [-0.3, -0.25) is 4.79 Å². The fourth-order valence-corrected chi connectivity index (χ4v) is 2.87. The minimum Gasteiger partial charge on any atom is -0.449 e. The first-order valence-corrected chi connectivity index (χ1v) is 7.40. The zero-order valence-corrected chi connectivity index (χ0v) is 12.6. The molecule has 2 N–H and O–H groups in total. The standard InChI is InChI=1S/C15H19NO2S/c1-5-19-15-9(3)13(17)12-7-8(2)6-11(10(4)16)14(12)18-15/h6-7,10H,5,16H2,1-4H3/t10-/m1/s1. The summed E-state index contributed by atoms with van der Waals surface area (Å²) in [6, 6.07) is 3.71. The van der Waals surface area contributed by atoms with E-state index in [1.165, 1.54) is 0 Å². The molecule has 0 fully saturated rings. The highest BCUT2D eigenvalue weighted by atomic mass is 32.2. The van der Waals surface area contributed by atoms with Gasteiger partial charge < -0.3 is 10.2 Å². The predicted octanol–water partition coefficient (Wildman–Crippen LogP) is 3.54. The van der Waals surface area contributed by atoms with Gasteiger partial charge in [0.1, 0.15) is 5.58 Å². The van der Waals surface area contributed by atoms with E-state index in [9.17, 15) is 4.79 Å². The van der Waals surface area contributed by atoms with Gasteiger partial charge in [-0.05, 0) is 38.2 Å². The molecule has 0 aliphatic carbocycles. The summed E-state index contributed by atoms with van der Waals surface area (Å²) in [5.74, 6) is 0.870. The first-order chi connectivity index (χ1) is 8.95. The summed E-state index contributed by atoms with van der Waals surface area (Å²) in [5, 5.41) is 1.33. The van der Waals surface area contributed by atoms with Gasteiger partial charge in [-0.25, -0.2) is 0 Å². The third-order valence-corrected chi connectivity index (χ3v) is 4.05. The van der Waals surface area contributed by atoms with Crippen molar-refractivity contribution in [3.8, 4) is 0 Å². The number of thioether (sulfide) groups is 1. The molecule has 0 radical (unpaired) electrons. The maximum absolute atomic E-state index is 12.4. The van der Waals surface area contributed by atoms with Crippen molar-refractivity contribution in [3.05, 3.63) is 39.0 Å². The molecule has 2 aromatic rings. The van der Waals surface area contributed by atoms with Crippen LogP contribution in [0.15, 0.2) is 26.4 Å². The van der Waals surface area contributed by atoms with E-state index in [1.807, 2.05) is 39.8 Å². The average Bonchev–Trinajstić information content (AvgIpc) is 2.36. The summed E-state index contributed by atoms with van der Waals surface area (Å²) in [6.45, 7) is 7.72. The molecule has 3 nitrogen and oxygen atoms in total. The Hall–Kier alpha value is -1.26. The summed E-state index contributed by atoms with van der Waals surface area (Å²) in [6.07, 6.45) is 0. The van der Waals surface area contributed by atoms with Crippen molar-refractivity contribution in [3.63, 3.8) is 0 Å². The highest BCUT2D eigenvalue weighted by molar-refractivity contribution is 7.99. The van der Waals surface area contributed by atoms with Gasteiger partial charge in [-0.15, -0.1) is 0 Å². The molecule has 1 heterocycles. The Bertz CT molecular complexity index is 674. The van der Waals surface area contributed by atoms with E-state index < -0.39 is 0 Å². The van der Waals surface area contributed by atoms with Crippen molar-refractivity contribution in [1.82, 2.24) is 0 Å². The van der Waals surface area contributed by atoms with Gasteiger partial charge in [0.25, 0.3) is 0 Å². The monoisotopic (exact) mass is 277 g/mol. The molecule has 1 aromatic heterocycles. The molecular weight excluding hydrogens is 258 g/mol. The third kappa shape index (κ3) is 2.55. The first kappa shape index (κ1) is 14.2. The quantitative estimate of drug-likeness (QED) is 0.872. The van der Waals surface area contributed by atoms with E-state index in [0.717, 1.165) is 16.9 Å². The van der Waals surface area contributed by atoms with Crippen molar-refractivity contribution in [2.45, 2.75) is 38.8 Å². The molecule has 0 unspecified atom stereocenters. The zero-order chi connectivity index (χ0) is 14.2. The predicted molar refractivity (Wildman–Crippen MR) is 81.0 cm³/mol. The van der Waals surface area contributed by atoms with Gasteiger partial charge >= 0.3 is 0 Å². The van der Waals surface area contributed by atoms with E-state index in [2.05, 4.69) is 0 Å². The van der Waals surface area contributed by atoms with Crippen molar-refractivity contribution in [2.24, 2.45) is 5.73 Å². The zero-order valence-electron chi connectivity index (χ0n) is 11.7. The Balaban J connectivity index is 2.88. The van der Waals surface area contributed by atoms with Crippen LogP contribution in [0.4, 0.5) is 0 Å². The summed E-state index contributed by atoms with van der Waals surface area (Å²) in [4.78, 5) is 12.4. The molecule has 4 heteroatoms. The van der Waals surface area contributed by atoms with E-state index >= 15 is 0 Å². The van der Waals surface area contributed by atoms with Crippen molar-refractivity contribution >= 4 is 22.7 Å². The van der Waals surface area contributed by atoms with Crippen LogP contribution in [0.2, 0.25) is 0 Å². The van der Waals surface area contributed by atoms with Gasteiger partial charge in [-0.2, -0.15) is 0 Å². The van der Waals surface area contributed by atoms with Crippen LogP contribution in [0.1, 0.15) is 36.6 Å². The number of rotatable bonds is 3. The molecule has 0 aliphatic rings. The molecule has 0 bridgehead atoms. The van der Waals surface area contributed by atoms with Crippen LogP contribution in [0.5, 0.6) is 0 Å². The molecule has 0 saturated carbocycles. The molecule has 102 valence electrons. The van der Waals surface area contributed by atoms with Gasteiger partial charge in [0.15, 0.2) is 10.5 Å². The van der Waals surface area contributed by atoms with E-state index in [-0.39, 0.29) is 11.5 Å². The lowest BCUT2D eigenvalue weighted by Crippen LogP contribution is -2.12. The number of fused-ring (bicyclic) bond motifs is 1. The maximum Gasteiger partial charge on any atom is 0.196 e. The second kappa shape index (κ2) is 5.39. The molecule has 1 aromatic carbocycles. The fraction of sp³-hybridized carbons (Fsp3) is 0.400. The number of hydrogen-bond donors (Lipinski definition) is 1. The van der Waals surface area contributed by atoms with Crippen LogP contribution in [0.25, 0.3) is 11.0 Å². The first-order valence-electron chi connectivity index (χ1n) is 6.42. The summed E-state index contributed by atoms with van der Waals surface area (Å²) >= 11 is 1.55. The van der Waals surface area contributed by atoms with Crippen LogP contribution in [-0.2, 0) is 0 Å². The molecule has 1 atom stereocenters. The number of nitrogens with two attached hydrogens (primary N) is 1. The Morgan fingerprint density at radius 1 is 1.37 bits per heavy atom. The lowest BCUT2D eigenvalue weighted by atomic mass is 10.0. The summed E-state index contributed by atoms with van der Waals surface area (Å²) < 4.78 is 5.94. The topological polar surface area (TPSA) is 56.2 Å². The number of hydrogen-bond acceptors (Lipinski definition) is 4. The Morgan fingerprint density at radius 3 is 2.63 bits per heavy atom. The fourth-order valence-electron chi connectivity index (χ4n) is 2.15. The van der Waals surface area contributed by atoms with Crippen LogP contribution in [-0.4, -0.2) is 5.75 Å². The largest absolute Gasteiger partial charge is 0.449 e. The van der Waals surface area contributed by atoms with Crippen LogP contribution >= 0.6 is 11.8 Å². The molecular formula is C15H19NO2S. The van der Waals surface area contributed by atoms with E-state index in [0.29, 0.717) is 21.6 Å². The second-order valence-corrected chi connectivity index (χ2v) is 6.03. The Labute approximate surface area is 117 Å². The average molecular weight is 277 g/mol. The van der Waals surface area contributed by atoms with E-state index in [1.54, 1.807) is 11.8 Å². The number of aryl methyl sites for hydroxylation is 1. The van der Waals surface area contributed by atoms with Crippen molar-refractivity contribution < 1.29 is 4.42 Å². The van der Waals surface area contributed by atoms with Gasteiger partial charge in [0, 0.05) is 17.2 Å². The Kier molecular flexibility index (Phi) is 4.02. The second-order valence-electron chi connectivity index (χ2n) is 4.80. The summed E-state index contributed by atoms with van der Waals surface area (Å²) in [7, 11) is 0. The molecule has 0 aliphatic heterocycles. The van der Waals surface area contributed by atoms with Crippen molar-refractivity contribution in [1.29, 1.82) is 0 Å². The third-order valence-electron chi connectivity index (χ3n) is 3.11. The molecule has 0 saturated heterocycles. The molecule has 19 heavy (non-hydrogen) atoms. The van der Waals surface area contributed by atoms with Crippen LogP contribution in [0.3, 0.4) is 0 Å². The SMILES string of the molecule is CCSc1oc2c([C@@H](C)N)cc(C)cc2c(=O)c1C. The van der Waals surface area contributed by atoms with Crippen LogP contribution in [0, 0.1) is 13.8 Å². The van der Waals surface area contributed by atoms with Crippen LogP contribution < -0.4 is 11.2 Å². The lowest BCUT2D eigenvalue weighted by Gasteiger charge is -2.12. The van der Waals surface area contributed by atoms with Gasteiger partial charge in [-0.1, -0.05) is 24.8 Å². The Morgan fingerprint density at radius 2 is 2.05 bits per heavy atom. The smallest absolute Gasteiger partial charge is 0.196 e. The highest BCUT2D eigenvalue weighted by Gasteiger charge is 2.16. The van der Waals surface area contributed by atoms with E-state index in [4.69, 9.17) is 10.2 Å². The lowest BCUT2D eigenvalue weighted by molar-refractivity contribution is 0.487. The summed E-state index contributed by atoms with van der Waals surface area (Å²) in [5.41, 5.74) is 9.27. The van der Waals surface area contributed by atoms with Gasteiger partial charge in [0.05, 0.1) is 5.39 Å². The minimum absolute atomic E-state index is 0.0443. The highest BCUT2D eigenvalue weighted by Crippen LogP contribution is 2.29. The van der Waals surface area contributed by atoms with Gasteiger partial charge in [0.2, 0.25) is 0 Å². The minimum atomic E-state index is -0.160.